The highest BCUT2D eigenvalue weighted by molar-refractivity contribution is 6.34. The number of benzene rings is 1. The number of halogens is 3. The van der Waals surface area contributed by atoms with Crippen LogP contribution in [0.4, 0.5) is 14.6 Å². The molecule has 0 radical (unpaired) electrons. The van der Waals surface area contributed by atoms with E-state index in [1.165, 1.54) is 12.0 Å². The summed E-state index contributed by atoms with van der Waals surface area (Å²) >= 11 is 6.64. The number of carbonyl (C=O) groups is 1. The van der Waals surface area contributed by atoms with E-state index in [0.29, 0.717) is 48.8 Å². The van der Waals surface area contributed by atoms with Crippen molar-refractivity contribution in [2.75, 3.05) is 32.6 Å². The van der Waals surface area contributed by atoms with Gasteiger partial charge in [0.05, 0.1) is 48.3 Å². The van der Waals surface area contributed by atoms with Gasteiger partial charge in [-0.15, -0.1) is 0 Å². The van der Waals surface area contributed by atoms with Gasteiger partial charge in [0.15, 0.2) is 11.5 Å². The van der Waals surface area contributed by atoms with Crippen LogP contribution in [0.3, 0.4) is 0 Å². The van der Waals surface area contributed by atoms with E-state index < -0.39 is 23.4 Å². The third kappa shape index (κ3) is 4.27. The Kier molecular flexibility index (Phi) is 6.45. The molecule has 1 unspecified atom stereocenters. The number of carbonyl (C=O) groups excluding carboxylic acids is 1. The summed E-state index contributed by atoms with van der Waals surface area (Å²) in [5, 5.41) is 4.75. The molecule has 2 aliphatic rings. The number of imidazole rings is 1. The Bertz CT molecular complexity index is 1720. The zero-order chi connectivity index (χ0) is 28.3. The number of fused-ring (bicyclic) bond motifs is 3. The fourth-order valence-electron chi connectivity index (χ4n) is 5.24. The number of aromatic nitrogens is 6. The quantitative estimate of drug-likeness (QED) is 0.380. The van der Waals surface area contributed by atoms with Crippen LogP contribution in [-0.2, 0) is 30.9 Å². The van der Waals surface area contributed by atoms with Crippen LogP contribution in [0.5, 0.6) is 6.01 Å². The molecule has 3 aromatic heterocycles. The first kappa shape index (κ1) is 26.2. The first-order chi connectivity index (χ1) is 19.2. The van der Waals surface area contributed by atoms with Crippen LogP contribution in [0, 0.1) is 11.6 Å². The molecule has 6 rings (SSSR count). The maximum absolute atomic E-state index is 15.0. The number of ether oxygens (including phenoxy) is 2. The predicted octanol–water partition coefficient (Wildman–Crippen LogP) is 2.71. The molecule has 1 amide bonds. The van der Waals surface area contributed by atoms with E-state index >= 15 is 4.39 Å². The number of anilines is 1. The van der Waals surface area contributed by atoms with E-state index in [-0.39, 0.29) is 52.3 Å². The Hall–Kier alpha value is -4.04. The summed E-state index contributed by atoms with van der Waals surface area (Å²) in [6.07, 6.45) is -0.0284. The van der Waals surface area contributed by atoms with E-state index in [4.69, 9.17) is 21.1 Å². The molecule has 1 aromatic carbocycles. The molecular weight excluding hydrogens is 550 g/mol. The first-order valence-corrected chi connectivity index (χ1v) is 12.9. The molecule has 1 atom stereocenters. The monoisotopic (exact) mass is 574 g/mol. The van der Waals surface area contributed by atoms with Gasteiger partial charge >= 0.3 is 11.7 Å². The average Bonchev–Trinajstić information content (AvgIpc) is 3.37. The van der Waals surface area contributed by atoms with Crippen molar-refractivity contribution in [2.24, 2.45) is 0 Å². The van der Waals surface area contributed by atoms with Crippen LogP contribution < -0.4 is 15.3 Å². The van der Waals surface area contributed by atoms with Gasteiger partial charge in [-0.3, -0.25) is 9.48 Å². The Morgan fingerprint density at radius 1 is 1.20 bits per heavy atom. The second-order valence-corrected chi connectivity index (χ2v) is 10.2. The van der Waals surface area contributed by atoms with Crippen molar-refractivity contribution >= 4 is 34.4 Å². The number of rotatable bonds is 4. The van der Waals surface area contributed by atoms with Crippen molar-refractivity contribution in [1.82, 2.24) is 34.6 Å². The lowest BCUT2D eigenvalue weighted by Gasteiger charge is -2.30. The van der Waals surface area contributed by atoms with Gasteiger partial charge in [-0.2, -0.15) is 15.1 Å². The minimum Gasteiger partial charge on any atom is -0.467 e. The molecule has 15 heteroatoms. The lowest BCUT2D eigenvalue weighted by molar-refractivity contribution is 0.0244. The number of amides is 1. The van der Waals surface area contributed by atoms with Crippen LogP contribution in [0.15, 0.2) is 10.9 Å². The second kappa shape index (κ2) is 9.86. The number of aryl methyl sites for hydroxylation is 1. The summed E-state index contributed by atoms with van der Waals surface area (Å²) in [5.74, 6) is -1.45. The summed E-state index contributed by atoms with van der Waals surface area (Å²) in [7, 11) is 4.72. The summed E-state index contributed by atoms with van der Waals surface area (Å²) in [6, 6.07) is 0.840. The number of H-pyrrole nitrogens is 2. The summed E-state index contributed by atoms with van der Waals surface area (Å²) < 4.78 is 42.6. The topological polar surface area (TPSA) is 134 Å². The number of aromatic amines is 2. The van der Waals surface area contributed by atoms with Gasteiger partial charge in [-0.1, -0.05) is 11.6 Å². The van der Waals surface area contributed by atoms with E-state index in [1.807, 2.05) is 4.90 Å². The van der Waals surface area contributed by atoms with Crippen LogP contribution in [-0.4, -0.2) is 68.3 Å². The summed E-state index contributed by atoms with van der Waals surface area (Å²) in [6.45, 7) is 1.51. The third-order valence-electron chi connectivity index (χ3n) is 7.15. The summed E-state index contributed by atoms with van der Waals surface area (Å²) in [5.41, 5.74) is 1.38. The number of hydrogen-bond donors (Lipinski definition) is 2. The highest BCUT2D eigenvalue weighted by Gasteiger charge is 2.33. The first-order valence-electron chi connectivity index (χ1n) is 12.5. The third-order valence-corrected chi connectivity index (χ3v) is 7.55. The highest BCUT2D eigenvalue weighted by Crippen LogP contribution is 2.39. The normalized spacial score (nSPS) is 16.9. The predicted molar refractivity (Wildman–Crippen MR) is 140 cm³/mol. The van der Waals surface area contributed by atoms with Crippen molar-refractivity contribution in [3.8, 4) is 6.01 Å². The molecule has 4 aromatic rings. The van der Waals surface area contributed by atoms with Gasteiger partial charge in [-0.05, 0) is 6.42 Å². The average molecular weight is 575 g/mol. The van der Waals surface area contributed by atoms with Gasteiger partial charge < -0.3 is 29.2 Å². The van der Waals surface area contributed by atoms with Crippen molar-refractivity contribution in [1.29, 1.82) is 0 Å². The fraction of sp³-hybridized carbons (Fsp3) is 0.400. The standard InChI is InChI=1S/C25H25ClF2N8O4/c1-34(2)23(37)21-18(26)15-9-35(5-4-6-36(15)33-21)22-11-10-40-16(8-14(11)29-25(32-22)39-3)17-12(27)7-13(28)19-20(17)31-24(38)30-19/h7,16H,4-6,8-10H2,1-3H3,(H2,30,31,38). The molecule has 0 aliphatic carbocycles. The number of nitrogens with zero attached hydrogens (tertiary/aromatic N) is 6. The minimum atomic E-state index is -0.883. The molecule has 0 bridgehead atoms. The fourth-order valence-corrected chi connectivity index (χ4v) is 5.52. The van der Waals surface area contributed by atoms with Crippen LogP contribution in [0.1, 0.15) is 45.5 Å². The minimum absolute atomic E-state index is 0.00990. The van der Waals surface area contributed by atoms with Gasteiger partial charge in [0, 0.05) is 50.8 Å². The van der Waals surface area contributed by atoms with E-state index in [9.17, 15) is 14.0 Å². The van der Waals surface area contributed by atoms with Crippen molar-refractivity contribution in [3.63, 3.8) is 0 Å². The highest BCUT2D eigenvalue weighted by atomic mass is 35.5. The smallest absolute Gasteiger partial charge is 0.323 e. The molecule has 40 heavy (non-hydrogen) atoms. The Morgan fingerprint density at radius 3 is 2.73 bits per heavy atom. The second-order valence-electron chi connectivity index (χ2n) is 9.85. The number of nitrogens with one attached hydrogen (secondary N) is 2. The number of hydrogen-bond acceptors (Lipinski definition) is 8. The van der Waals surface area contributed by atoms with Gasteiger partial charge in [-0.25, -0.2) is 13.6 Å². The van der Waals surface area contributed by atoms with Crippen LogP contribution >= 0.6 is 11.6 Å². The largest absolute Gasteiger partial charge is 0.467 e. The molecule has 5 heterocycles. The molecule has 2 N–H and O–H groups in total. The molecule has 210 valence electrons. The van der Waals surface area contributed by atoms with Gasteiger partial charge in [0.2, 0.25) is 0 Å². The van der Waals surface area contributed by atoms with Crippen molar-refractivity contribution < 1.29 is 23.0 Å². The Labute approximate surface area is 230 Å². The molecular formula is C25H25ClF2N8O4. The number of methoxy groups -OCH3 is 1. The lowest BCUT2D eigenvalue weighted by Crippen LogP contribution is -2.29. The molecule has 12 nitrogen and oxygen atoms in total. The van der Waals surface area contributed by atoms with E-state index in [2.05, 4.69) is 25.0 Å². The van der Waals surface area contributed by atoms with Crippen molar-refractivity contribution in [2.45, 2.75) is 38.6 Å². The SMILES string of the molecule is COc1nc2c(c(N3CCCn4nc(C(=O)N(C)C)c(Cl)c4C3)n1)COC(c1c(F)cc(F)c3[nH]c(=O)[nH]c13)C2. The maximum atomic E-state index is 15.0. The molecule has 0 saturated carbocycles. The Balaban J connectivity index is 1.38. The molecule has 0 fully saturated rings. The maximum Gasteiger partial charge on any atom is 0.323 e. The van der Waals surface area contributed by atoms with E-state index in [1.54, 1.807) is 18.8 Å². The van der Waals surface area contributed by atoms with Crippen LogP contribution in [0.2, 0.25) is 5.02 Å². The van der Waals surface area contributed by atoms with Crippen molar-refractivity contribution in [3.05, 3.63) is 61.4 Å². The van der Waals surface area contributed by atoms with Crippen LogP contribution in [0.25, 0.3) is 11.0 Å². The molecule has 2 aliphatic heterocycles. The zero-order valence-corrected chi connectivity index (χ0v) is 22.6. The zero-order valence-electron chi connectivity index (χ0n) is 21.8. The molecule has 0 saturated heterocycles. The summed E-state index contributed by atoms with van der Waals surface area (Å²) in [4.78, 5) is 41.9. The van der Waals surface area contributed by atoms with E-state index in [0.717, 1.165) is 6.07 Å². The molecule has 0 spiro atoms. The Morgan fingerprint density at radius 2 is 1.98 bits per heavy atom. The van der Waals surface area contributed by atoms with Gasteiger partial charge in [0.1, 0.15) is 17.2 Å². The lowest BCUT2D eigenvalue weighted by atomic mass is 9.97. The van der Waals surface area contributed by atoms with Gasteiger partial charge in [0.25, 0.3) is 5.91 Å².